The zero-order valence-electron chi connectivity index (χ0n) is 10.1. The summed E-state index contributed by atoms with van der Waals surface area (Å²) in [6, 6.07) is 15.2. The summed E-state index contributed by atoms with van der Waals surface area (Å²) in [5, 5.41) is 3.01. The fourth-order valence-electron chi connectivity index (χ4n) is 2.79. The lowest BCUT2D eigenvalue weighted by Gasteiger charge is -2.18. The Balaban J connectivity index is 2.36. The van der Waals surface area contributed by atoms with Gasteiger partial charge in [-0.15, -0.1) is 6.42 Å². The molecule has 0 amide bonds. The van der Waals surface area contributed by atoms with Crippen molar-refractivity contribution in [2.45, 2.75) is 13.1 Å². The van der Waals surface area contributed by atoms with Crippen LogP contribution in [0.15, 0.2) is 42.5 Å². The predicted molar refractivity (Wildman–Crippen MR) is 76.6 cm³/mol. The van der Waals surface area contributed by atoms with E-state index in [4.69, 9.17) is 6.42 Å². The van der Waals surface area contributed by atoms with Gasteiger partial charge < -0.3 is 0 Å². The van der Waals surface area contributed by atoms with Gasteiger partial charge in [0.15, 0.2) is 0 Å². The van der Waals surface area contributed by atoms with Gasteiger partial charge in [0, 0.05) is 5.56 Å². The molecule has 0 saturated carbocycles. The quantitative estimate of drug-likeness (QED) is 0.485. The zero-order chi connectivity index (χ0) is 12.0. The largest absolute Gasteiger partial charge is 0.115 e. The molecule has 1 aliphatic heterocycles. The van der Waals surface area contributed by atoms with Crippen LogP contribution in [0.25, 0.3) is 11.1 Å². The molecule has 2 aromatic rings. The van der Waals surface area contributed by atoms with Crippen LogP contribution in [-0.2, 0) is 0 Å². The van der Waals surface area contributed by atoms with Crippen molar-refractivity contribution in [1.29, 1.82) is 0 Å². The lowest BCUT2D eigenvalue weighted by Crippen LogP contribution is -2.49. The number of fused-ring (bicyclic) bond motifs is 3. The van der Waals surface area contributed by atoms with E-state index in [-0.39, 0.29) is 0 Å². The van der Waals surface area contributed by atoms with Gasteiger partial charge in [0.05, 0.1) is 0 Å². The molecule has 0 spiro atoms. The van der Waals surface area contributed by atoms with Crippen LogP contribution >= 0.6 is 0 Å². The van der Waals surface area contributed by atoms with Gasteiger partial charge in [-0.3, -0.25) is 0 Å². The third-order valence-electron chi connectivity index (χ3n) is 3.75. The van der Waals surface area contributed by atoms with Crippen molar-refractivity contribution in [3.63, 3.8) is 0 Å². The van der Waals surface area contributed by atoms with Crippen molar-refractivity contribution in [2.75, 3.05) is 0 Å². The lowest BCUT2D eigenvalue weighted by atomic mass is 10.0. The second-order valence-electron chi connectivity index (χ2n) is 5.08. The Morgan fingerprint density at radius 3 is 2.41 bits per heavy atom. The molecule has 0 nitrogen and oxygen atoms in total. The molecule has 0 saturated heterocycles. The summed E-state index contributed by atoms with van der Waals surface area (Å²) in [4.78, 5) is 0. The highest BCUT2D eigenvalue weighted by Gasteiger charge is 2.36. The molecule has 82 valence electrons. The number of hydrogen-bond donors (Lipinski definition) is 0. The predicted octanol–water partition coefficient (Wildman–Crippen LogP) is 2.47. The van der Waals surface area contributed by atoms with Crippen LogP contribution in [0.5, 0.6) is 0 Å². The van der Waals surface area contributed by atoms with Crippen molar-refractivity contribution < 1.29 is 0 Å². The molecule has 0 aliphatic carbocycles. The number of terminal acetylenes is 1. The van der Waals surface area contributed by atoms with Gasteiger partial charge in [0.2, 0.25) is 0 Å². The molecule has 2 aromatic carbocycles. The first-order valence-corrected chi connectivity index (χ1v) is 8.85. The standard InChI is InChI=1S/C16H14Si/c1-4-12-9-10-14-13-7-5-6-8-15(13)17(2,3)16(14)11-12/h1,5-11H,2-3H3. The van der Waals surface area contributed by atoms with Crippen molar-refractivity contribution in [3.05, 3.63) is 48.0 Å². The van der Waals surface area contributed by atoms with Gasteiger partial charge >= 0.3 is 0 Å². The average Bonchev–Trinajstić information content (AvgIpc) is 2.59. The lowest BCUT2D eigenvalue weighted by molar-refractivity contribution is 1.67. The van der Waals surface area contributed by atoms with Crippen molar-refractivity contribution in [2.24, 2.45) is 0 Å². The second kappa shape index (κ2) is 3.35. The Kier molecular flexibility index (Phi) is 2.05. The number of benzene rings is 2. The summed E-state index contributed by atoms with van der Waals surface area (Å²) >= 11 is 0. The fourth-order valence-corrected chi connectivity index (χ4v) is 5.90. The first-order chi connectivity index (χ1) is 8.14. The minimum absolute atomic E-state index is 0.997. The molecule has 17 heavy (non-hydrogen) atoms. The minimum Gasteiger partial charge on any atom is -0.115 e. The van der Waals surface area contributed by atoms with Crippen molar-refractivity contribution in [3.8, 4) is 23.5 Å². The average molecular weight is 234 g/mol. The molecule has 1 heterocycles. The topological polar surface area (TPSA) is 0 Å². The van der Waals surface area contributed by atoms with Gasteiger partial charge in [-0.2, -0.15) is 0 Å². The highest BCUT2D eigenvalue weighted by Crippen LogP contribution is 2.28. The van der Waals surface area contributed by atoms with Crippen LogP contribution in [0, 0.1) is 12.3 Å². The summed E-state index contributed by atoms with van der Waals surface area (Å²) in [6.45, 7) is 4.80. The molecule has 3 rings (SSSR count). The fraction of sp³-hybridized carbons (Fsp3) is 0.125. The Morgan fingerprint density at radius 2 is 1.65 bits per heavy atom. The summed E-state index contributed by atoms with van der Waals surface area (Å²) in [5.41, 5.74) is 3.79. The monoisotopic (exact) mass is 234 g/mol. The van der Waals surface area contributed by atoms with E-state index in [0.717, 1.165) is 5.56 Å². The Labute approximate surface area is 103 Å². The second-order valence-corrected chi connectivity index (χ2v) is 9.40. The summed E-state index contributed by atoms with van der Waals surface area (Å²) in [6.07, 6.45) is 5.50. The van der Waals surface area contributed by atoms with Crippen molar-refractivity contribution in [1.82, 2.24) is 0 Å². The first kappa shape index (κ1) is 10.4. The third kappa shape index (κ3) is 1.31. The van der Waals surface area contributed by atoms with Crippen molar-refractivity contribution >= 4 is 18.4 Å². The number of rotatable bonds is 0. The molecular weight excluding hydrogens is 220 g/mol. The Morgan fingerprint density at radius 1 is 0.941 bits per heavy atom. The maximum Gasteiger partial charge on any atom is 0.113 e. The number of hydrogen-bond acceptors (Lipinski definition) is 0. The first-order valence-electron chi connectivity index (χ1n) is 5.85. The van der Waals surface area contributed by atoms with E-state index >= 15 is 0 Å². The van der Waals surface area contributed by atoms with Gasteiger partial charge in [-0.05, 0) is 33.6 Å². The van der Waals surface area contributed by atoms with Crippen LogP contribution in [0.3, 0.4) is 0 Å². The van der Waals surface area contributed by atoms with Gasteiger partial charge in [-0.25, -0.2) is 0 Å². The van der Waals surface area contributed by atoms with Crippen LogP contribution in [0.4, 0.5) is 0 Å². The van der Waals surface area contributed by atoms with E-state index in [1.165, 1.54) is 21.5 Å². The van der Waals surface area contributed by atoms with E-state index in [1.54, 1.807) is 0 Å². The normalized spacial score (nSPS) is 14.9. The third-order valence-corrected chi connectivity index (χ3v) is 7.29. The van der Waals surface area contributed by atoms with Crippen LogP contribution in [0.2, 0.25) is 13.1 Å². The maximum atomic E-state index is 5.50. The molecule has 1 aliphatic rings. The molecule has 0 N–H and O–H groups in total. The molecule has 1 heteroatoms. The Hall–Kier alpha value is -1.78. The maximum absolute atomic E-state index is 5.50. The van der Waals surface area contributed by atoms with Crippen LogP contribution in [-0.4, -0.2) is 8.07 Å². The van der Waals surface area contributed by atoms with Gasteiger partial charge in [0.1, 0.15) is 8.07 Å². The smallest absolute Gasteiger partial charge is 0.113 e. The molecule has 0 atom stereocenters. The molecule has 0 bridgehead atoms. The molecule has 0 unspecified atom stereocenters. The summed E-state index contributed by atoms with van der Waals surface area (Å²) in [7, 11) is -1.52. The van der Waals surface area contributed by atoms with Crippen LogP contribution < -0.4 is 10.4 Å². The SMILES string of the molecule is C#Cc1ccc2c(c1)[Si](C)(C)c1ccccc1-2. The minimum atomic E-state index is -1.52. The highest BCUT2D eigenvalue weighted by atomic mass is 28.3. The molecule has 0 radical (unpaired) electrons. The Bertz CT molecular complexity index is 645. The van der Waals surface area contributed by atoms with E-state index < -0.39 is 8.07 Å². The van der Waals surface area contributed by atoms with E-state index in [9.17, 15) is 0 Å². The molecule has 0 fully saturated rings. The molecule has 0 aromatic heterocycles. The van der Waals surface area contributed by atoms with E-state index in [2.05, 4.69) is 55.4 Å². The summed E-state index contributed by atoms with van der Waals surface area (Å²) in [5.74, 6) is 2.74. The van der Waals surface area contributed by atoms with Gasteiger partial charge in [0.25, 0.3) is 0 Å². The molecular formula is C16H14Si. The summed E-state index contributed by atoms with van der Waals surface area (Å²) < 4.78 is 0. The zero-order valence-corrected chi connectivity index (χ0v) is 11.1. The van der Waals surface area contributed by atoms with Crippen LogP contribution in [0.1, 0.15) is 5.56 Å². The highest BCUT2D eigenvalue weighted by molar-refractivity contribution is 7.03. The van der Waals surface area contributed by atoms with E-state index in [0.29, 0.717) is 0 Å². The van der Waals surface area contributed by atoms with E-state index in [1.807, 2.05) is 6.07 Å². The van der Waals surface area contributed by atoms with Gasteiger partial charge in [-0.1, -0.05) is 49.3 Å².